The van der Waals surface area contributed by atoms with Gasteiger partial charge in [0, 0.05) is 5.92 Å². The summed E-state index contributed by atoms with van der Waals surface area (Å²) in [4.78, 5) is 2.26. The highest BCUT2D eigenvalue weighted by Crippen LogP contribution is 2.48. The van der Waals surface area contributed by atoms with E-state index in [4.69, 9.17) is 0 Å². The smallest absolute Gasteiger partial charge is 0.0721 e. The standard InChI is InChI=1S/C23H41NO2/c1-4-5-7-11-20(25)12-13-21-22-16-18(15-19(22)17-23(21)26)10-8-6-9-14-24(2)3/h12-13,15,19-23,25-26H,4-11,14,16-17H2,1-3H3/b13-12+/t19-,20+,21+,22-,23-/m1/s1. The van der Waals surface area contributed by atoms with Crippen molar-refractivity contribution < 1.29 is 10.2 Å². The van der Waals surface area contributed by atoms with Gasteiger partial charge in [0.05, 0.1) is 12.2 Å². The highest BCUT2D eigenvalue weighted by molar-refractivity contribution is 5.20. The molecule has 2 aliphatic carbocycles. The van der Waals surface area contributed by atoms with Crippen LogP contribution in [0.1, 0.15) is 71.1 Å². The average Bonchev–Trinajstić information content (AvgIpc) is 3.09. The summed E-state index contributed by atoms with van der Waals surface area (Å²) in [5, 5.41) is 20.6. The number of aliphatic hydroxyl groups excluding tert-OH is 2. The van der Waals surface area contributed by atoms with Crippen LogP contribution in [0.2, 0.25) is 0 Å². The van der Waals surface area contributed by atoms with E-state index >= 15 is 0 Å². The van der Waals surface area contributed by atoms with E-state index in [-0.39, 0.29) is 18.1 Å². The molecule has 0 amide bonds. The van der Waals surface area contributed by atoms with E-state index in [1.165, 1.54) is 45.1 Å². The topological polar surface area (TPSA) is 43.7 Å². The number of hydrogen-bond donors (Lipinski definition) is 2. The third kappa shape index (κ3) is 6.83. The second-order valence-electron chi connectivity index (χ2n) is 8.80. The number of rotatable bonds is 12. The highest BCUT2D eigenvalue weighted by Gasteiger charge is 2.43. The predicted molar refractivity (Wildman–Crippen MR) is 110 cm³/mol. The maximum atomic E-state index is 10.4. The zero-order chi connectivity index (χ0) is 18.9. The molecule has 2 rings (SSSR count). The van der Waals surface area contributed by atoms with Crippen LogP contribution >= 0.6 is 0 Å². The van der Waals surface area contributed by atoms with Crippen molar-refractivity contribution in [3.05, 3.63) is 23.8 Å². The van der Waals surface area contributed by atoms with Gasteiger partial charge in [-0.15, -0.1) is 0 Å². The Morgan fingerprint density at radius 2 is 2.00 bits per heavy atom. The van der Waals surface area contributed by atoms with Crippen LogP contribution in [0.4, 0.5) is 0 Å². The fourth-order valence-electron chi connectivity index (χ4n) is 4.70. The van der Waals surface area contributed by atoms with Crippen LogP contribution in [0.3, 0.4) is 0 Å². The molecule has 0 aliphatic heterocycles. The molecule has 0 spiro atoms. The molecule has 0 aromatic rings. The minimum absolute atomic E-state index is 0.225. The van der Waals surface area contributed by atoms with Crippen molar-refractivity contribution in [3.8, 4) is 0 Å². The van der Waals surface area contributed by atoms with Crippen LogP contribution in [-0.2, 0) is 0 Å². The molecular weight excluding hydrogens is 322 g/mol. The Morgan fingerprint density at radius 1 is 1.19 bits per heavy atom. The quantitative estimate of drug-likeness (QED) is 0.395. The Hall–Kier alpha value is -0.640. The second kappa shape index (κ2) is 11.3. The molecule has 0 saturated heterocycles. The third-order valence-corrected chi connectivity index (χ3v) is 6.21. The molecule has 1 fully saturated rings. The lowest BCUT2D eigenvalue weighted by atomic mass is 9.88. The SMILES string of the molecule is CCCCC[C@H](O)/C=C/[C@H]1[C@@H]2CC(CCCCCN(C)C)=C[C@@H]2C[C@H]1O. The lowest BCUT2D eigenvalue weighted by Gasteiger charge is -2.19. The van der Waals surface area contributed by atoms with Crippen molar-refractivity contribution in [2.24, 2.45) is 17.8 Å². The van der Waals surface area contributed by atoms with Gasteiger partial charge in [0.2, 0.25) is 0 Å². The summed E-state index contributed by atoms with van der Waals surface area (Å²) in [6.45, 7) is 3.37. The molecule has 150 valence electrons. The Morgan fingerprint density at radius 3 is 2.73 bits per heavy atom. The molecule has 3 nitrogen and oxygen atoms in total. The minimum atomic E-state index is -0.349. The fraction of sp³-hybridized carbons (Fsp3) is 0.826. The summed E-state index contributed by atoms with van der Waals surface area (Å²) in [5.41, 5.74) is 1.61. The zero-order valence-electron chi connectivity index (χ0n) is 17.2. The monoisotopic (exact) mass is 363 g/mol. The Labute approximate surface area is 161 Å². The number of unbranched alkanes of at least 4 members (excludes halogenated alkanes) is 4. The molecule has 2 N–H and O–H groups in total. The van der Waals surface area contributed by atoms with Crippen LogP contribution in [0, 0.1) is 17.8 Å². The normalized spacial score (nSPS) is 29.5. The molecule has 0 bridgehead atoms. The zero-order valence-corrected chi connectivity index (χ0v) is 17.2. The molecule has 0 heterocycles. The molecule has 2 aliphatic rings. The molecule has 1 saturated carbocycles. The van der Waals surface area contributed by atoms with Gasteiger partial charge < -0.3 is 15.1 Å². The highest BCUT2D eigenvalue weighted by atomic mass is 16.3. The molecule has 0 aromatic carbocycles. The first-order chi connectivity index (χ1) is 12.5. The van der Waals surface area contributed by atoms with Crippen molar-refractivity contribution in [3.63, 3.8) is 0 Å². The van der Waals surface area contributed by atoms with Gasteiger partial charge in [0.15, 0.2) is 0 Å². The van der Waals surface area contributed by atoms with Gasteiger partial charge in [-0.05, 0) is 71.0 Å². The lowest BCUT2D eigenvalue weighted by molar-refractivity contribution is 0.139. The molecular formula is C23H41NO2. The van der Waals surface area contributed by atoms with Crippen LogP contribution in [-0.4, -0.2) is 48.0 Å². The molecule has 3 heteroatoms. The third-order valence-electron chi connectivity index (χ3n) is 6.21. The van der Waals surface area contributed by atoms with Gasteiger partial charge >= 0.3 is 0 Å². The Kier molecular flexibility index (Phi) is 9.38. The predicted octanol–water partition coefficient (Wildman–Crippen LogP) is 4.55. The number of nitrogens with zero attached hydrogens (tertiary/aromatic N) is 1. The first kappa shape index (κ1) is 21.7. The van der Waals surface area contributed by atoms with E-state index in [1.54, 1.807) is 5.57 Å². The van der Waals surface area contributed by atoms with E-state index in [9.17, 15) is 10.2 Å². The van der Waals surface area contributed by atoms with Crippen LogP contribution in [0.25, 0.3) is 0 Å². The molecule has 0 radical (unpaired) electrons. The van der Waals surface area contributed by atoms with Crippen molar-refractivity contribution in [2.45, 2.75) is 83.3 Å². The van der Waals surface area contributed by atoms with Gasteiger partial charge in [0.25, 0.3) is 0 Å². The van der Waals surface area contributed by atoms with Gasteiger partial charge in [-0.2, -0.15) is 0 Å². The van der Waals surface area contributed by atoms with Crippen LogP contribution < -0.4 is 0 Å². The van der Waals surface area contributed by atoms with Crippen molar-refractivity contribution in [1.29, 1.82) is 0 Å². The summed E-state index contributed by atoms with van der Waals surface area (Å²) in [6.07, 6.45) is 17.4. The van der Waals surface area contributed by atoms with Crippen molar-refractivity contribution in [2.75, 3.05) is 20.6 Å². The largest absolute Gasteiger partial charge is 0.392 e. The first-order valence-electron chi connectivity index (χ1n) is 10.9. The molecule has 5 atom stereocenters. The van der Waals surface area contributed by atoms with E-state index in [2.05, 4.69) is 38.1 Å². The fourth-order valence-corrected chi connectivity index (χ4v) is 4.70. The van der Waals surface area contributed by atoms with E-state index in [0.717, 1.165) is 25.7 Å². The van der Waals surface area contributed by atoms with Crippen LogP contribution in [0.5, 0.6) is 0 Å². The summed E-state index contributed by atoms with van der Waals surface area (Å²) in [5.74, 6) is 1.33. The summed E-state index contributed by atoms with van der Waals surface area (Å²) >= 11 is 0. The maximum absolute atomic E-state index is 10.4. The maximum Gasteiger partial charge on any atom is 0.0721 e. The van der Waals surface area contributed by atoms with E-state index in [1.807, 2.05) is 6.08 Å². The van der Waals surface area contributed by atoms with Gasteiger partial charge in [-0.25, -0.2) is 0 Å². The van der Waals surface area contributed by atoms with Gasteiger partial charge in [0.1, 0.15) is 0 Å². The molecule has 0 unspecified atom stereocenters. The number of hydrogen-bond acceptors (Lipinski definition) is 3. The lowest BCUT2D eigenvalue weighted by Crippen LogP contribution is -2.18. The summed E-state index contributed by atoms with van der Waals surface area (Å²) < 4.78 is 0. The van der Waals surface area contributed by atoms with E-state index in [0.29, 0.717) is 11.8 Å². The van der Waals surface area contributed by atoms with Crippen molar-refractivity contribution >= 4 is 0 Å². The summed E-state index contributed by atoms with van der Waals surface area (Å²) in [6, 6.07) is 0. The number of allylic oxidation sites excluding steroid dienone is 2. The first-order valence-corrected chi connectivity index (χ1v) is 10.9. The minimum Gasteiger partial charge on any atom is -0.392 e. The molecule has 26 heavy (non-hydrogen) atoms. The Bertz CT molecular complexity index is 457. The molecule has 0 aromatic heterocycles. The second-order valence-corrected chi connectivity index (χ2v) is 8.80. The van der Waals surface area contributed by atoms with E-state index < -0.39 is 0 Å². The summed E-state index contributed by atoms with van der Waals surface area (Å²) in [7, 11) is 4.28. The van der Waals surface area contributed by atoms with Gasteiger partial charge in [-0.1, -0.05) is 56.4 Å². The Balaban J connectivity index is 1.74. The number of fused-ring (bicyclic) bond motifs is 1. The average molecular weight is 364 g/mol. The van der Waals surface area contributed by atoms with Crippen LogP contribution in [0.15, 0.2) is 23.8 Å². The number of aliphatic hydroxyl groups is 2. The van der Waals surface area contributed by atoms with Crippen molar-refractivity contribution in [1.82, 2.24) is 4.90 Å². The van der Waals surface area contributed by atoms with Gasteiger partial charge in [-0.3, -0.25) is 0 Å².